The monoisotopic (exact) mass is 538 g/mol. The Labute approximate surface area is 214 Å². The number of thiophene rings is 1. The maximum absolute atomic E-state index is 13.6. The van der Waals surface area contributed by atoms with Crippen molar-refractivity contribution >= 4 is 59.5 Å². The number of nitrogens with one attached hydrogen (secondary N) is 1. The Balaban J connectivity index is 1.51. The predicted molar refractivity (Wildman–Crippen MR) is 145 cm³/mol. The minimum absolute atomic E-state index is 0.0934. The molecule has 0 aliphatic carbocycles. The second-order valence-electron chi connectivity index (χ2n) is 8.61. The van der Waals surface area contributed by atoms with E-state index < -0.39 is 21.1 Å². The van der Waals surface area contributed by atoms with Crippen molar-refractivity contribution in [1.29, 1.82) is 0 Å². The molecule has 0 spiro atoms. The third-order valence-electron chi connectivity index (χ3n) is 6.39. The number of aromatic nitrogens is 3. The lowest BCUT2D eigenvalue weighted by molar-refractivity contribution is 0.587. The van der Waals surface area contributed by atoms with Crippen LogP contribution in [-0.2, 0) is 9.84 Å². The van der Waals surface area contributed by atoms with E-state index in [4.69, 9.17) is 11.6 Å². The SMILES string of the molecule is O=c1[nH]c2cc(-c3ccccc3Cl)sc2c(=O)n1-c1cncc2ccc(N3CCS(=O)(=O)CC3)cc12. The van der Waals surface area contributed by atoms with Gasteiger partial charge in [-0.25, -0.2) is 17.8 Å². The van der Waals surface area contributed by atoms with E-state index in [1.54, 1.807) is 18.3 Å². The van der Waals surface area contributed by atoms with E-state index in [2.05, 4.69) is 9.97 Å². The first kappa shape index (κ1) is 23.0. The molecule has 0 atom stereocenters. The van der Waals surface area contributed by atoms with Crippen molar-refractivity contribution in [3.63, 3.8) is 0 Å². The highest BCUT2D eigenvalue weighted by atomic mass is 35.5. The van der Waals surface area contributed by atoms with Gasteiger partial charge in [0.05, 0.1) is 28.9 Å². The highest BCUT2D eigenvalue weighted by molar-refractivity contribution is 7.91. The molecule has 0 saturated carbocycles. The summed E-state index contributed by atoms with van der Waals surface area (Å²) in [6.45, 7) is 0.779. The number of fused-ring (bicyclic) bond motifs is 2. The van der Waals surface area contributed by atoms with Crippen LogP contribution in [0.5, 0.6) is 0 Å². The molecular formula is C25H19ClN4O4S2. The quantitative estimate of drug-likeness (QED) is 0.374. The van der Waals surface area contributed by atoms with Crippen molar-refractivity contribution in [1.82, 2.24) is 14.5 Å². The molecule has 1 aliphatic rings. The summed E-state index contributed by atoms with van der Waals surface area (Å²) in [7, 11) is -3.02. The van der Waals surface area contributed by atoms with Crippen LogP contribution < -0.4 is 16.1 Å². The molecular weight excluding hydrogens is 520 g/mol. The Morgan fingerprint density at radius 2 is 1.78 bits per heavy atom. The van der Waals surface area contributed by atoms with E-state index >= 15 is 0 Å². The number of anilines is 1. The van der Waals surface area contributed by atoms with Gasteiger partial charge in [0.15, 0.2) is 9.84 Å². The number of rotatable bonds is 3. The summed E-state index contributed by atoms with van der Waals surface area (Å²) in [5.74, 6) is 0.187. The third-order valence-corrected chi connectivity index (χ3v) is 9.48. The van der Waals surface area contributed by atoms with E-state index in [9.17, 15) is 18.0 Å². The first-order valence-electron chi connectivity index (χ1n) is 11.2. The van der Waals surface area contributed by atoms with E-state index in [0.717, 1.165) is 26.1 Å². The Bertz CT molecular complexity index is 1880. The number of benzene rings is 2. The van der Waals surface area contributed by atoms with Gasteiger partial charge >= 0.3 is 5.69 Å². The predicted octanol–water partition coefficient (Wildman–Crippen LogP) is 3.84. The largest absolute Gasteiger partial charge is 0.369 e. The molecule has 1 aliphatic heterocycles. The third kappa shape index (κ3) is 3.91. The summed E-state index contributed by atoms with van der Waals surface area (Å²) < 4.78 is 25.2. The summed E-state index contributed by atoms with van der Waals surface area (Å²) in [5.41, 5.74) is 1.41. The van der Waals surface area contributed by atoms with E-state index in [1.165, 1.54) is 17.5 Å². The second-order valence-corrected chi connectivity index (χ2v) is 12.4. The van der Waals surface area contributed by atoms with Crippen LogP contribution in [0.3, 0.4) is 0 Å². The molecule has 8 nitrogen and oxygen atoms in total. The van der Waals surface area contributed by atoms with Crippen molar-refractivity contribution in [3.8, 4) is 16.1 Å². The average molecular weight is 539 g/mol. The van der Waals surface area contributed by atoms with Gasteiger partial charge in [-0.2, -0.15) is 0 Å². The van der Waals surface area contributed by atoms with Gasteiger partial charge < -0.3 is 9.88 Å². The molecule has 1 fully saturated rings. The highest BCUT2D eigenvalue weighted by Gasteiger charge is 2.23. The van der Waals surface area contributed by atoms with Gasteiger partial charge in [0.2, 0.25) is 0 Å². The fourth-order valence-electron chi connectivity index (χ4n) is 4.50. The van der Waals surface area contributed by atoms with Crippen molar-refractivity contribution in [2.75, 3.05) is 29.5 Å². The summed E-state index contributed by atoms with van der Waals surface area (Å²) in [6.07, 6.45) is 3.17. The lowest BCUT2D eigenvalue weighted by Gasteiger charge is -2.29. The van der Waals surface area contributed by atoms with Gasteiger partial charge in [0.25, 0.3) is 5.56 Å². The molecule has 36 heavy (non-hydrogen) atoms. The molecule has 11 heteroatoms. The van der Waals surface area contributed by atoms with Crippen molar-refractivity contribution in [3.05, 3.63) is 86.8 Å². The summed E-state index contributed by atoms with van der Waals surface area (Å²) >= 11 is 7.62. The zero-order valence-corrected chi connectivity index (χ0v) is 21.2. The second kappa shape index (κ2) is 8.58. The number of H-pyrrole nitrogens is 1. The minimum atomic E-state index is -3.02. The number of aromatic amines is 1. The molecule has 1 saturated heterocycles. The van der Waals surface area contributed by atoms with Gasteiger partial charge in [0, 0.05) is 51.2 Å². The van der Waals surface area contributed by atoms with Crippen LogP contribution in [0.2, 0.25) is 5.02 Å². The van der Waals surface area contributed by atoms with Crippen LogP contribution in [0.1, 0.15) is 0 Å². The zero-order valence-electron chi connectivity index (χ0n) is 18.8. The topological polar surface area (TPSA) is 105 Å². The standard InChI is InChI=1S/C25H19ClN4O4S2/c26-19-4-2-1-3-17(19)22-12-20-23(35-22)24(31)30(25(32)28-20)21-14-27-13-15-5-6-16(11-18(15)21)29-7-9-36(33,34)10-8-29/h1-6,11-14H,7-10H2,(H,28,32). The summed E-state index contributed by atoms with van der Waals surface area (Å²) in [5, 5.41) is 1.99. The van der Waals surface area contributed by atoms with Crippen molar-refractivity contribution in [2.45, 2.75) is 0 Å². The Kier molecular flexibility index (Phi) is 5.47. The number of sulfone groups is 1. The molecule has 0 unspecified atom stereocenters. The fourth-order valence-corrected chi connectivity index (χ4v) is 7.08. The Morgan fingerprint density at radius 3 is 2.56 bits per heavy atom. The molecule has 1 N–H and O–H groups in total. The van der Waals surface area contributed by atoms with E-state index in [0.29, 0.717) is 39.4 Å². The number of pyridine rings is 1. The first-order chi connectivity index (χ1) is 17.3. The van der Waals surface area contributed by atoms with Gasteiger partial charge in [-0.1, -0.05) is 35.9 Å². The Morgan fingerprint density at radius 1 is 1.00 bits per heavy atom. The lowest BCUT2D eigenvalue weighted by atomic mass is 10.1. The van der Waals surface area contributed by atoms with Crippen LogP contribution in [0, 0.1) is 0 Å². The van der Waals surface area contributed by atoms with Gasteiger partial charge in [-0.15, -0.1) is 11.3 Å². The molecule has 2 aromatic carbocycles. The number of hydrogen-bond donors (Lipinski definition) is 1. The van der Waals surface area contributed by atoms with Crippen molar-refractivity contribution < 1.29 is 8.42 Å². The van der Waals surface area contributed by atoms with E-state index in [-0.39, 0.29) is 11.5 Å². The molecule has 0 radical (unpaired) electrons. The summed E-state index contributed by atoms with van der Waals surface area (Å²) in [6, 6.07) is 14.7. The molecule has 0 amide bonds. The maximum atomic E-state index is 13.6. The lowest BCUT2D eigenvalue weighted by Crippen LogP contribution is -2.40. The van der Waals surface area contributed by atoms with Crippen LogP contribution in [0.25, 0.3) is 37.1 Å². The Hall–Kier alpha value is -3.47. The van der Waals surface area contributed by atoms with Crippen LogP contribution in [-0.4, -0.2) is 47.5 Å². The highest BCUT2D eigenvalue weighted by Crippen LogP contribution is 2.35. The molecule has 182 valence electrons. The molecule has 4 heterocycles. The zero-order chi connectivity index (χ0) is 25.0. The number of halogens is 1. The molecule has 3 aromatic heterocycles. The number of hydrogen-bond acceptors (Lipinski definition) is 7. The maximum Gasteiger partial charge on any atom is 0.333 e. The molecule has 0 bridgehead atoms. The first-order valence-corrected chi connectivity index (χ1v) is 14.2. The van der Waals surface area contributed by atoms with Gasteiger partial charge in [-0.05, 0) is 24.3 Å². The smallest absolute Gasteiger partial charge is 0.333 e. The average Bonchev–Trinajstić information content (AvgIpc) is 3.28. The minimum Gasteiger partial charge on any atom is -0.369 e. The van der Waals surface area contributed by atoms with E-state index in [1.807, 2.05) is 41.3 Å². The molecule has 6 rings (SSSR count). The number of nitrogens with zero attached hydrogens (tertiary/aromatic N) is 3. The normalized spacial score (nSPS) is 15.5. The summed E-state index contributed by atoms with van der Waals surface area (Å²) in [4.78, 5) is 36.6. The molecule has 5 aromatic rings. The fraction of sp³-hybridized carbons (Fsp3) is 0.160. The van der Waals surface area contributed by atoms with Crippen LogP contribution in [0.4, 0.5) is 5.69 Å². The van der Waals surface area contributed by atoms with Gasteiger partial charge in [-0.3, -0.25) is 9.78 Å². The van der Waals surface area contributed by atoms with Gasteiger partial charge in [0.1, 0.15) is 4.70 Å². The van der Waals surface area contributed by atoms with Crippen LogP contribution in [0.15, 0.2) is 70.5 Å². The van der Waals surface area contributed by atoms with Crippen molar-refractivity contribution in [2.24, 2.45) is 0 Å². The van der Waals surface area contributed by atoms with Crippen LogP contribution >= 0.6 is 22.9 Å².